The number of halogens is 1. The number of likely N-dealkylation sites (tertiary alicyclic amines) is 1. The smallest absolute Gasteiger partial charge is 0.227 e. The summed E-state index contributed by atoms with van der Waals surface area (Å²) in [7, 11) is 0. The van der Waals surface area contributed by atoms with Gasteiger partial charge in [0, 0.05) is 18.8 Å². The summed E-state index contributed by atoms with van der Waals surface area (Å²) in [5.74, 6) is -0.224. The van der Waals surface area contributed by atoms with Gasteiger partial charge in [0.1, 0.15) is 5.82 Å². The molecule has 0 unspecified atom stereocenters. The molecule has 1 atom stereocenters. The summed E-state index contributed by atoms with van der Waals surface area (Å²) in [4.78, 5) is 19.5. The molecule has 6 heteroatoms. The average Bonchev–Trinajstić information content (AvgIpc) is 3.02. The van der Waals surface area contributed by atoms with Crippen LogP contribution in [0, 0.1) is 12.7 Å². The van der Waals surface area contributed by atoms with E-state index in [0.717, 1.165) is 48.4 Å². The number of nitrogens with zero attached hydrogens (tertiary/aromatic N) is 4. The topological polar surface area (TPSA) is 50.5 Å². The van der Waals surface area contributed by atoms with Crippen LogP contribution in [0.5, 0.6) is 0 Å². The second-order valence-electron chi connectivity index (χ2n) is 6.84. The molecule has 0 spiro atoms. The first-order valence-corrected chi connectivity index (χ1v) is 8.97. The van der Waals surface area contributed by atoms with E-state index in [2.05, 4.69) is 5.10 Å². The molecule has 0 radical (unpaired) electrons. The molecule has 1 aliphatic rings. The van der Waals surface area contributed by atoms with Crippen molar-refractivity contribution in [2.45, 2.75) is 38.6 Å². The van der Waals surface area contributed by atoms with Crippen LogP contribution in [0.4, 0.5) is 4.39 Å². The number of amides is 1. The molecule has 2 aromatic heterocycles. The summed E-state index contributed by atoms with van der Waals surface area (Å²) >= 11 is 0. The summed E-state index contributed by atoms with van der Waals surface area (Å²) in [5.41, 5.74) is 3.46. The Kier molecular flexibility index (Phi) is 4.41. The first-order valence-electron chi connectivity index (χ1n) is 8.97. The molecule has 0 aliphatic carbocycles. The van der Waals surface area contributed by atoms with Gasteiger partial charge in [0.15, 0.2) is 5.65 Å². The molecule has 1 amide bonds. The highest BCUT2D eigenvalue weighted by atomic mass is 19.1. The van der Waals surface area contributed by atoms with E-state index in [1.165, 1.54) is 12.1 Å². The van der Waals surface area contributed by atoms with E-state index in [1.54, 1.807) is 16.6 Å². The fraction of sp³-hybridized carbons (Fsp3) is 0.350. The van der Waals surface area contributed by atoms with Crippen LogP contribution in [0.25, 0.3) is 5.65 Å². The number of aromatic nitrogens is 3. The van der Waals surface area contributed by atoms with Crippen LogP contribution in [-0.4, -0.2) is 31.9 Å². The molecule has 1 aromatic carbocycles. The summed E-state index contributed by atoms with van der Waals surface area (Å²) in [6.07, 6.45) is 5.17. The highest BCUT2D eigenvalue weighted by Gasteiger charge is 2.29. The van der Waals surface area contributed by atoms with Gasteiger partial charge in [0.05, 0.1) is 23.9 Å². The van der Waals surface area contributed by atoms with E-state index in [-0.39, 0.29) is 24.2 Å². The third kappa shape index (κ3) is 3.31. The second kappa shape index (κ2) is 6.86. The van der Waals surface area contributed by atoms with Gasteiger partial charge >= 0.3 is 0 Å². The fourth-order valence-electron chi connectivity index (χ4n) is 3.61. The number of hydrogen-bond acceptors (Lipinski definition) is 3. The number of aryl methyl sites for hydroxylation is 1. The minimum atomic E-state index is -0.286. The Labute approximate surface area is 151 Å². The van der Waals surface area contributed by atoms with Crippen LogP contribution in [0.2, 0.25) is 0 Å². The van der Waals surface area contributed by atoms with Crippen molar-refractivity contribution in [1.82, 2.24) is 19.5 Å². The molecule has 5 nitrogen and oxygen atoms in total. The monoisotopic (exact) mass is 352 g/mol. The van der Waals surface area contributed by atoms with Gasteiger partial charge in [-0.15, -0.1) is 0 Å². The van der Waals surface area contributed by atoms with Crippen LogP contribution >= 0.6 is 0 Å². The lowest BCUT2D eigenvalue weighted by atomic mass is 9.98. The Morgan fingerprint density at radius 2 is 2.04 bits per heavy atom. The zero-order chi connectivity index (χ0) is 18.1. The molecule has 4 rings (SSSR count). The van der Waals surface area contributed by atoms with E-state index in [1.807, 2.05) is 30.2 Å². The maximum atomic E-state index is 13.1. The third-order valence-corrected chi connectivity index (χ3v) is 4.90. The van der Waals surface area contributed by atoms with Gasteiger partial charge in [-0.1, -0.05) is 12.1 Å². The normalized spacial score (nSPS) is 17.6. The molecule has 134 valence electrons. The fourth-order valence-corrected chi connectivity index (χ4v) is 3.61. The van der Waals surface area contributed by atoms with Crippen molar-refractivity contribution in [1.29, 1.82) is 0 Å². The van der Waals surface area contributed by atoms with Gasteiger partial charge in [0.2, 0.25) is 5.91 Å². The molecule has 26 heavy (non-hydrogen) atoms. The first-order chi connectivity index (χ1) is 12.6. The van der Waals surface area contributed by atoms with Crippen LogP contribution in [0.1, 0.15) is 42.3 Å². The Morgan fingerprint density at radius 1 is 1.23 bits per heavy atom. The summed E-state index contributed by atoms with van der Waals surface area (Å²) < 4.78 is 14.8. The highest BCUT2D eigenvalue weighted by Crippen LogP contribution is 2.30. The molecule has 3 aromatic rings. The zero-order valence-corrected chi connectivity index (χ0v) is 14.7. The lowest BCUT2D eigenvalue weighted by molar-refractivity contribution is -0.134. The Hall–Kier alpha value is -2.76. The van der Waals surface area contributed by atoms with Crippen LogP contribution in [-0.2, 0) is 11.2 Å². The van der Waals surface area contributed by atoms with Crippen molar-refractivity contribution < 1.29 is 9.18 Å². The predicted octanol–water partition coefficient (Wildman–Crippen LogP) is 3.47. The largest absolute Gasteiger partial charge is 0.334 e. The lowest BCUT2D eigenvalue weighted by Crippen LogP contribution is -2.39. The summed E-state index contributed by atoms with van der Waals surface area (Å²) in [5, 5.41) is 4.36. The molecule has 1 saturated heterocycles. The molecule has 0 N–H and O–H groups in total. The van der Waals surface area contributed by atoms with Gasteiger partial charge in [-0.2, -0.15) is 5.10 Å². The van der Waals surface area contributed by atoms with Crippen molar-refractivity contribution in [2.75, 3.05) is 6.54 Å². The lowest BCUT2D eigenvalue weighted by Gasteiger charge is -2.35. The minimum absolute atomic E-state index is 0.0168. The molecular weight excluding hydrogens is 331 g/mol. The highest BCUT2D eigenvalue weighted by molar-refractivity contribution is 5.79. The number of rotatable bonds is 3. The van der Waals surface area contributed by atoms with Gasteiger partial charge in [-0.3, -0.25) is 4.79 Å². The van der Waals surface area contributed by atoms with Crippen molar-refractivity contribution in [3.05, 3.63) is 65.4 Å². The molecule has 1 fully saturated rings. The van der Waals surface area contributed by atoms with E-state index in [4.69, 9.17) is 4.98 Å². The number of carbonyl (C=O) groups is 1. The standard InChI is InChI=1S/C20H21FN4O/c1-14-12-19-22-17(9-11-25(19)23-14)18-4-2-3-10-24(18)20(26)13-15-5-7-16(21)8-6-15/h5-9,11-12,18H,2-4,10,13H2,1H3/t18-/m1/s1. The number of hydrogen-bond donors (Lipinski definition) is 0. The number of fused-ring (bicyclic) bond motifs is 1. The SMILES string of the molecule is Cc1cc2nc([C@H]3CCCCN3C(=O)Cc3ccc(F)cc3)ccn2n1. The quantitative estimate of drug-likeness (QED) is 0.725. The van der Waals surface area contributed by atoms with Crippen molar-refractivity contribution >= 4 is 11.6 Å². The van der Waals surface area contributed by atoms with Gasteiger partial charge < -0.3 is 4.90 Å². The van der Waals surface area contributed by atoms with E-state index >= 15 is 0 Å². The minimum Gasteiger partial charge on any atom is -0.334 e. The number of carbonyl (C=O) groups excluding carboxylic acids is 1. The van der Waals surface area contributed by atoms with Crippen molar-refractivity contribution in [3.8, 4) is 0 Å². The van der Waals surface area contributed by atoms with Gasteiger partial charge in [-0.05, 0) is 49.9 Å². The maximum absolute atomic E-state index is 13.1. The van der Waals surface area contributed by atoms with E-state index in [9.17, 15) is 9.18 Å². The first kappa shape index (κ1) is 16.7. The Bertz CT molecular complexity index is 935. The Morgan fingerprint density at radius 3 is 2.85 bits per heavy atom. The number of benzene rings is 1. The summed E-state index contributed by atoms with van der Waals surface area (Å²) in [6.45, 7) is 2.67. The van der Waals surface area contributed by atoms with Crippen molar-refractivity contribution in [2.24, 2.45) is 0 Å². The van der Waals surface area contributed by atoms with E-state index in [0.29, 0.717) is 0 Å². The molecule has 0 bridgehead atoms. The van der Waals surface area contributed by atoms with Crippen LogP contribution in [0.3, 0.4) is 0 Å². The summed E-state index contributed by atoms with van der Waals surface area (Å²) in [6, 6.07) is 10.0. The van der Waals surface area contributed by atoms with Crippen LogP contribution < -0.4 is 0 Å². The average molecular weight is 352 g/mol. The van der Waals surface area contributed by atoms with Gasteiger partial charge in [-0.25, -0.2) is 13.9 Å². The van der Waals surface area contributed by atoms with Gasteiger partial charge in [0.25, 0.3) is 0 Å². The van der Waals surface area contributed by atoms with Crippen LogP contribution in [0.15, 0.2) is 42.6 Å². The number of piperidine rings is 1. The zero-order valence-electron chi connectivity index (χ0n) is 14.7. The molecule has 3 heterocycles. The Balaban J connectivity index is 1.58. The second-order valence-corrected chi connectivity index (χ2v) is 6.84. The maximum Gasteiger partial charge on any atom is 0.227 e. The predicted molar refractivity (Wildman–Crippen MR) is 96.1 cm³/mol. The van der Waals surface area contributed by atoms with E-state index < -0.39 is 0 Å². The molecular formula is C20H21FN4O. The van der Waals surface area contributed by atoms with Crippen molar-refractivity contribution in [3.63, 3.8) is 0 Å². The third-order valence-electron chi connectivity index (χ3n) is 4.90. The molecule has 1 aliphatic heterocycles. The molecule has 0 saturated carbocycles.